The van der Waals surface area contributed by atoms with Crippen molar-refractivity contribution in [3.05, 3.63) is 34.9 Å². The summed E-state index contributed by atoms with van der Waals surface area (Å²) in [6, 6.07) is 0. The van der Waals surface area contributed by atoms with Gasteiger partial charge in [0, 0.05) is 12.8 Å². The average Bonchev–Trinajstić information content (AvgIpc) is 2.35. The van der Waals surface area contributed by atoms with Crippen LogP contribution in [0.15, 0.2) is 34.9 Å². The van der Waals surface area contributed by atoms with E-state index in [0.717, 1.165) is 25.7 Å². The quantitative estimate of drug-likeness (QED) is 0.425. The second-order valence-corrected chi connectivity index (χ2v) is 6.78. The van der Waals surface area contributed by atoms with Gasteiger partial charge >= 0.3 is 0 Å². The van der Waals surface area contributed by atoms with Crippen molar-refractivity contribution in [1.29, 1.82) is 0 Å². The second kappa shape index (κ2) is 11.5. The van der Waals surface area contributed by atoms with Crippen LogP contribution in [0.1, 0.15) is 80.1 Å². The molecular formula is C20H34O. The van der Waals surface area contributed by atoms with E-state index >= 15 is 0 Å². The third kappa shape index (κ3) is 13.6. The van der Waals surface area contributed by atoms with Crippen molar-refractivity contribution in [2.24, 2.45) is 5.92 Å². The molecule has 1 atom stereocenters. The van der Waals surface area contributed by atoms with Gasteiger partial charge in [-0.2, -0.15) is 0 Å². The van der Waals surface area contributed by atoms with Crippen LogP contribution in [-0.2, 0) is 4.79 Å². The van der Waals surface area contributed by atoms with Crippen molar-refractivity contribution < 1.29 is 4.79 Å². The molecule has 0 aromatic rings. The molecule has 0 N–H and O–H groups in total. The minimum absolute atomic E-state index is 0.376. The predicted molar refractivity (Wildman–Crippen MR) is 94.5 cm³/mol. The Kier molecular flexibility index (Phi) is 10.9. The Morgan fingerprint density at radius 2 is 1.48 bits per heavy atom. The normalized spacial score (nSPS) is 12.8. The summed E-state index contributed by atoms with van der Waals surface area (Å²) in [4.78, 5) is 12.0. The lowest BCUT2D eigenvalue weighted by Crippen LogP contribution is -2.04. The number of hydrogen-bond acceptors (Lipinski definition) is 1. The van der Waals surface area contributed by atoms with Gasteiger partial charge in [-0.15, -0.1) is 0 Å². The number of ketones is 1. The number of hydrogen-bond donors (Lipinski definition) is 0. The predicted octanol–water partition coefficient (Wildman–Crippen LogP) is 6.41. The molecule has 120 valence electrons. The molecule has 0 aromatic carbocycles. The minimum atomic E-state index is 0.376. The average molecular weight is 290 g/mol. The standard InChI is InChI=1S/C20H34O/c1-16(2)9-7-11-18(5)13-14-20(21)15-19(6)12-8-10-17(3)4/h9-10,13,19H,7-8,11-12,14-15H2,1-6H3/b18-13+/t19-/m1/s1. The monoisotopic (exact) mass is 290 g/mol. The first kappa shape index (κ1) is 19.9. The van der Waals surface area contributed by atoms with E-state index in [9.17, 15) is 4.79 Å². The van der Waals surface area contributed by atoms with Crippen LogP contribution in [0, 0.1) is 5.92 Å². The molecule has 0 saturated heterocycles. The zero-order chi connectivity index (χ0) is 16.3. The lowest BCUT2D eigenvalue weighted by Gasteiger charge is -2.08. The second-order valence-electron chi connectivity index (χ2n) is 6.78. The van der Waals surface area contributed by atoms with Crippen molar-refractivity contribution in [3.8, 4) is 0 Å². The summed E-state index contributed by atoms with van der Waals surface area (Å²) in [7, 11) is 0. The van der Waals surface area contributed by atoms with Crippen molar-refractivity contribution >= 4 is 5.78 Å². The highest BCUT2D eigenvalue weighted by Crippen LogP contribution is 2.14. The van der Waals surface area contributed by atoms with E-state index in [1.807, 2.05) is 0 Å². The maximum absolute atomic E-state index is 12.0. The van der Waals surface area contributed by atoms with E-state index in [1.165, 1.54) is 16.7 Å². The molecule has 0 amide bonds. The Morgan fingerprint density at radius 3 is 2.05 bits per heavy atom. The number of carbonyl (C=O) groups is 1. The van der Waals surface area contributed by atoms with E-state index in [2.05, 4.69) is 59.8 Å². The van der Waals surface area contributed by atoms with Crippen LogP contribution in [0.25, 0.3) is 0 Å². The van der Waals surface area contributed by atoms with Gasteiger partial charge in [-0.1, -0.05) is 41.9 Å². The fourth-order valence-corrected chi connectivity index (χ4v) is 2.21. The van der Waals surface area contributed by atoms with Gasteiger partial charge in [0.1, 0.15) is 5.78 Å². The third-order valence-electron chi connectivity index (χ3n) is 3.56. The van der Waals surface area contributed by atoms with Gasteiger partial charge in [0.2, 0.25) is 0 Å². The molecule has 0 aliphatic rings. The Morgan fingerprint density at radius 1 is 0.905 bits per heavy atom. The van der Waals surface area contributed by atoms with Gasteiger partial charge in [-0.05, 0) is 66.2 Å². The van der Waals surface area contributed by atoms with Crippen LogP contribution in [0.5, 0.6) is 0 Å². The van der Waals surface area contributed by atoms with Crippen molar-refractivity contribution in [1.82, 2.24) is 0 Å². The summed E-state index contributed by atoms with van der Waals surface area (Å²) < 4.78 is 0. The van der Waals surface area contributed by atoms with E-state index in [4.69, 9.17) is 0 Å². The molecule has 0 unspecified atom stereocenters. The van der Waals surface area contributed by atoms with Crippen molar-refractivity contribution in [2.45, 2.75) is 80.1 Å². The first-order valence-electron chi connectivity index (χ1n) is 8.25. The van der Waals surface area contributed by atoms with Gasteiger partial charge in [0.15, 0.2) is 0 Å². The lowest BCUT2D eigenvalue weighted by atomic mass is 9.96. The van der Waals surface area contributed by atoms with Crippen LogP contribution < -0.4 is 0 Å². The Bertz CT molecular complexity index is 388. The van der Waals surface area contributed by atoms with Gasteiger partial charge < -0.3 is 0 Å². The Balaban J connectivity index is 3.97. The maximum Gasteiger partial charge on any atom is 0.136 e. The summed E-state index contributed by atoms with van der Waals surface area (Å²) in [5.74, 6) is 0.869. The molecule has 0 aromatic heterocycles. The smallest absolute Gasteiger partial charge is 0.136 e. The van der Waals surface area contributed by atoms with Crippen LogP contribution in [0.2, 0.25) is 0 Å². The van der Waals surface area contributed by atoms with E-state index in [0.29, 0.717) is 24.5 Å². The molecule has 0 saturated carbocycles. The first-order chi connectivity index (χ1) is 9.81. The first-order valence-corrected chi connectivity index (χ1v) is 8.25. The lowest BCUT2D eigenvalue weighted by molar-refractivity contribution is -0.119. The van der Waals surface area contributed by atoms with Gasteiger partial charge in [0.05, 0.1) is 0 Å². The molecule has 0 spiro atoms. The fourth-order valence-electron chi connectivity index (χ4n) is 2.21. The molecule has 0 fully saturated rings. The molecule has 0 rings (SSSR count). The number of allylic oxidation sites excluding steroid dienone is 6. The molecule has 21 heavy (non-hydrogen) atoms. The molecule has 1 heteroatoms. The van der Waals surface area contributed by atoms with E-state index < -0.39 is 0 Å². The largest absolute Gasteiger partial charge is 0.299 e. The van der Waals surface area contributed by atoms with Crippen LogP contribution in [0.4, 0.5) is 0 Å². The SMILES string of the molecule is CC(C)=CCC/C(C)=C/CC(=O)C[C@H](C)CCC=C(C)C. The topological polar surface area (TPSA) is 17.1 Å². The number of carbonyl (C=O) groups excluding carboxylic acids is 1. The fraction of sp³-hybridized carbons (Fsp3) is 0.650. The minimum Gasteiger partial charge on any atom is -0.299 e. The summed E-state index contributed by atoms with van der Waals surface area (Å²) >= 11 is 0. The van der Waals surface area contributed by atoms with Gasteiger partial charge in [-0.25, -0.2) is 0 Å². The van der Waals surface area contributed by atoms with Gasteiger partial charge in [0.25, 0.3) is 0 Å². The molecule has 1 nitrogen and oxygen atoms in total. The maximum atomic E-state index is 12.0. The third-order valence-corrected chi connectivity index (χ3v) is 3.56. The summed E-state index contributed by atoms with van der Waals surface area (Å²) in [6.07, 6.45) is 12.3. The molecule has 0 aliphatic heterocycles. The van der Waals surface area contributed by atoms with Crippen LogP contribution in [0.3, 0.4) is 0 Å². The zero-order valence-electron chi connectivity index (χ0n) is 15.0. The Labute approximate surface area is 132 Å². The van der Waals surface area contributed by atoms with E-state index in [-0.39, 0.29) is 0 Å². The Hall–Kier alpha value is -1.11. The molecule has 0 aliphatic carbocycles. The highest BCUT2D eigenvalue weighted by molar-refractivity contribution is 5.80. The highest BCUT2D eigenvalue weighted by atomic mass is 16.1. The van der Waals surface area contributed by atoms with Gasteiger partial charge in [-0.3, -0.25) is 4.79 Å². The zero-order valence-corrected chi connectivity index (χ0v) is 15.0. The summed E-state index contributed by atoms with van der Waals surface area (Å²) in [5, 5.41) is 0. The summed E-state index contributed by atoms with van der Waals surface area (Å²) in [6.45, 7) is 12.8. The molecule has 0 bridgehead atoms. The molecule has 0 heterocycles. The van der Waals surface area contributed by atoms with Crippen molar-refractivity contribution in [3.63, 3.8) is 0 Å². The number of Topliss-reactive ketones (excluding diaryl/α,β-unsaturated/α-hetero) is 1. The van der Waals surface area contributed by atoms with Crippen molar-refractivity contribution in [2.75, 3.05) is 0 Å². The van der Waals surface area contributed by atoms with E-state index in [1.54, 1.807) is 0 Å². The van der Waals surface area contributed by atoms with Crippen LogP contribution in [-0.4, -0.2) is 5.78 Å². The number of rotatable bonds is 10. The molecule has 0 radical (unpaired) electrons. The molecular weight excluding hydrogens is 256 g/mol. The summed E-state index contributed by atoms with van der Waals surface area (Å²) in [5.41, 5.74) is 4.06. The van der Waals surface area contributed by atoms with Crippen LogP contribution >= 0.6 is 0 Å². The highest BCUT2D eigenvalue weighted by Gasteiger charge is 2.07.